The predicted molar refractivity (Wildman–Crippen MR) is 120 cm³/mol. The third kappa shape index (κ3) is 6.39. The number of methoxy groups -OCH3 is 2. The number of benzene rings is 3. The van der Waals surface area contributed by atoms with Gasteiger partial charge in [0.25, 0.3) is 5.91 Å². The molecule has 0 atom stereocenters. The molecule has 0 bridgehead atoms. The normalized spacial score (nSPS) is 10.8. The highest BCUT2D eigenvalue weighted by atomic mass is 19.3. The fourth-order valence-corrected chi connectivity index (χ4v) is 2.95. The summed E-state index contributed by atoms with van der Waals surface area (Å²) in [5.74, 6) is -0.124. The van der Waals surface area contributed by atoms with E-state index in [4.69, 9.17) is 9.47 Å². The minimum atomic E-state index is -3.00. The van der Waals surface area contributed by atoms with Gasteiger partial charge in [-0.05, 0) is 66.2 Å². The van der Waals surface area contributed by atoms with E-state index in [1.54, 1.807) is 61.7 Å². The number of ether oxygens (including phenoxy) is 3. The quantitative estimate of drug-likeness (QED) is 0.344. The topological polar surface area (TPSA) is 73.9 Å². The zero-order valence-electron chi connectivity index (χ0n) is 17.9. The molecule has 170 valence electrons. The maximum Gasteiger partial charge on any atom is 0.387 e. The lowest BCUT2D eigenvalue weighted by Crippen LogP contribution is -2.11. The summed E-state index contributed by atoms with van der Waals surface area (Å²) in [6.45, 7) is -3.00. The van der Waals surface area contributed by atoms with Gasteiger partial charge in [0.05, 0.1) is 14.2 Å². The Morgan fingerprint density at radius 1 is 0.879 bits per heavy atom. The Hall–Kier alpha value is -4.20. The molecule has 33 heavy (non-hydrogen) atoms. The van der Waals surface area contributed by atoms with Gasteiger partial charge in [0.1, 0.15) is 5.75 Å². The highest BCUT2D eigenvalue weighted by Gasteiger charge is 2.13. The highest BCUT2D eigenvalue weighted by Crippen LogP contribution is 2.29. The number of hydrogen-bond acceptors (Lipinski definition) is 5. The number of allylic oxidation sites excluding steroid dienone is 1. The van der Waals surface area contributed by atoms with Gasteiger partial charge < -0.3 is 19.5 Å². The van der Waals surface area contributed by atoms with Crippen molar-refractivity contribution < 1.29 is 32.6 Å². The number of carbonyl (C=O) groups is 2. The SMILES string of the molecule is COc1ccc(C(=O)Nc2cccc(/C=C/C(=O)c3ccc(OC(F)F)c(OC)c3)c2)cc1. The van der Waals surface area contributed by atoms with E-state index in [9.17, 15) is 18.4 Å². The van der Waals surface area contributed by atoms with E-state index in [0.717, 1.165) is 0 Å². The summed E-state index contributed by atoms with van der Waals surface area (Å²) in [7, 11) is 2.84. The Morgan fingerprint density at radius 2 is 1.61 bits per heavy atom. The van der Waals surface area contributed by atoms with Crippen molar-refractivity contribution in [1.82, 2.24) is 0 Å². The van der Waals surface area contributed by atoms with Crippen molar-refractivity contribution in [2.45, 2.75) is 6.61 Å². The molecule has 0 radical (unpaired) electrons. The van der Waals surface area contributed by atoms with Crippen LogP contribution in [-0.2, 0) is 0 Å². The van der Waals surface area contributed by atoms with Crippen LogP contribution in [0.15, 0.2) is 72.8 Å². The summed E-state index contributed by atoms with van der Waals surface area (Å²) in [6, 6.07) is 17.6. The lowest BCUT2D eigenvalue weighted by molar-refractivity contribution is -0.0512. The lowest BCUT2D eigenvalue weighted by atomic mass is 10.1. The highest BCUT2D eigenvalue weighted by molar-refractivity contribution is 6.07. The van der Waals surface area contributed by atoms with E-state index in [1.807, 2.05) is 0 Å². The standard InChI is InChI=1S/C25H21F2NO5/c1-31-20-10-7-17(8-11-20)24(30)28-19-5-3-4-16(14-19)6-12-21(29)18-9-13-22(33-25(26)27)23(15-18)32-2/h3-15,25H,1-2H3,(H,28,30)/b12-6+. The van der Waals surface area contributed by atoms with Crippen molar-refractivity contribution in [2.24, 2.45) is 0 Å². The van der Waals surface area contributed by atoms with E-state index in [0.29, 0.717) is 22.6 Å². The monoisotopic (exact) mass is 453 g/mol. The molecule has 3 aromatic rings. The van der Waals surface area contributed by atoms with Gasteiger partial charge >= 0.3 is 6.61 Å². The Morgan fingerprint density at radius 3 is 2.27 bits per heavy atom. The first kappa shape index (κ1) is 23.5. The Labute approximate surface area is 189 Å². The second-order valence-electron chi connectivity index (χ2n) is 6.75. The van der Waals surface area contributed by atoms with Gasteiger partial charge in [-0.2, -0.15) is 8.78 Å². The number of anilines is 1. The fraction of sp³-hybridized carbons (Fsp3) is 0.120. The van der Waals surface area contributed by atoms with Crippen LogP contribution in [0.3, 0.4) is 0 Å². The van der Waals surface area contributed by atoms with Gasteiger partial charge in [-0.1, -0.05) is 18.2 Å². The molecular weight excluding hydrogens is 432 g/mol. The summed E-state index contributed by atoms with van der Waals surface area (Å²) in [5, 5.41) is 2.80. The van der Waals surface area contributed by atoms with Crippen molar-refractivity contribution >= 4 is 23.5 Å². The smallest absolute Gasteiger partial charge is 0.387 e. The second-order valence-corrected chi connectivity index (χ2v) is 6.75. The molecule has 1 N–H and O–H groups in total. The van der Waals surface area contributed by atoms with Crippen LogP contribution in [0.1, 0.15) is 26.3 Å². The third-order valence-corrected chi connectivity index (χ3v) is 4.59. The maximum absolute atomic E-state index is 12.5. The molecule has 0 aromatic heterocycles. The van der Waals surface area contributed by atoms with Crippen molar-refractivity contribution in [1.29, 1.82) is 0 Å². The van der Waals surface area contributed by atoms with Gasteiger partial charge in [-0.3, -0.25) is 9.59 Å². The molecule has 3 rings (SSSR count). The van der Waals surface area contributed by atoms with Crippen LogP contribution in [0.4, 0.5) is 14.5 Å². The largest absolute Gasteiger partial charge is 0.497 e. The van der Waals surface area contributed by atoms with Gasteiger partial charge in [0.2, 0.25) is 0 Å². The molecule has 1 amide bonds. The minimum Gasteiger partial charge on any atom is -0.497 e. The first-order chi connectivity index (χ1) is 15.9. The Kier molecular flexibility index (Phi) is 7.75. The molecule has 0 saturated carbocycles. The van der Waals surface area contributed by atoms with E-state index < -0.39 is 6.61 Å². The number of alkyl halides is 2. The summed E-state index contributed by atoms with van der Waals surface area (Å²) in [5.41, 5.74) is 1.95. The zero-order chi connectivity index (χ0) is 23.8. The van der Waals surface area contributed by atoms with Crippen LogP contribution in [0.2, 0.25) is 0 Å². The van der Waals surface area contributed by atoms with Crippen LogP contribution in [-0.4, -0.2) is 32.5 Å². The zero-order valence-corrected chi connectivity index (χ0v) is 17.9. The minimum absolute atomic E-state index is 0.0257. The molecule has 0 saturated heterocycles. The molecule has 0 aliphatic carbocycles. The van der Waals surface area contributed by atoms with E-state index >= 15 is 0 Å². The van der Waals surface area contributed by atoms with E-state index in [1.165, 1.54) is 31.4 Å². The number of ketones is 1. The van der Waals surface area contributed by atoms with Crippen LogP contribution >= 0.6 is 0 Å². The molecule has 0 aliphatic rings. The van der Waals surface area contributed by atoms with Gasteiger partial charge in [0.15, 0.2) is 17.3 Å². The molecule has 3 aromatic carbocycles. The number of carbonyl (C=O) groups excluding carboxylic acids is 2. The number of rotatable bonds is 9. The summed E-state index contributed by atoms with van der Waals surface area (Å²) >= 11 is 0. The van der Waals surface area contributed by atoms with Crippen molar-refractivity contribution in [3.05, 3.63) is 89.5 Å². The van der Waals surface area contributed by atoms with Crippen molar-refractivity contribution in [3.63, 3.8) is 0 Å². The molecule has 8 heteroatoms. The first-order valence-electron chi connectivity index (χ1n) is 9.80. The molecule has 6 nitrogen and oxygen atoms in total. The Bertz CT molecular complexity index is 1160. The van der Waals surface area contributed by atoms with Gasteiger partial charge in [-0.25, -0.2) is 0 Å². The molecule has 0 unspecified atom stereocenters. The van der Waals surface area contributed by atoms with Crippen LogP contribution in [0.25, 0.3) is 6.08 Å². The second kappa shape index (κ2) is 10.9. The fourth-order valence-electron chi connectivity index (χ4n) is 2.95. The number of amides is 1. The van der Waals surface area contributed by atoms with Crippen LogP contribution in [0, 0.1) is 0 Å². The van der Waals surface area contributed by atoms with E-state index in [-0.39, 0.29) is 28.8 Å². The van der Waals surface area contributed by atoms with Gasteiger partial charge in [0, 0.05) is 16.8 Å². The Balaban J connectivity index is 1.69. The molecule has 0 spiro atoms. The molecule has 0 aliphatic heterocycles. The molecular formula is C25H21F2NO5. The maximum atomic E-state index is 12.5. The van der Waals surface area contributed by atoms with Crippen molar-refractivity contribution in [3.8, 4) is 17.2 Å². The third-order valence-electron chi connectivity index (χ3n) is 4.59. The summed E-state index contributed by atoms with van der Waals surface area (Å²) < 4.78 is 39.4. The average molecular weight is 453 g/mol. The summed E-state index contributed by atoms with van der Waals surface area (Å²) in [6.07, 6.45) is 2.92. The first-order valence-corrected chi connectivity index (χ1v) is 9.80. The predicted octanol–water partition coefficient (Wildman–Crippen LogP) is 5.45. The lowest BCUT2D eigenvalue weighted by Gasteiger charge is -2.10. The van der Waals surface area contributed by atoms with Crippen LogP contribution in [0.5, 0.6) is 17.2 Å². The van der Waals surface area contributed by atoms with Crippen LogP contribution < -0.4 is 19.5 Å². The molecule has 0 heterocycles. The number of hydrogen-bond donors (Lipinski definition) is 1. The number of halogens is 2. The average Bonchev–Trinajstić information content (AvgIpc) is 2.82. The van der Waals surface area contributed by atoms with Crippen molar-refractivity contribution in [2.75, 3.05) is 19.5 Å². The van der Waals surface area contributed by atoms with E-state index in [2.05, 4.69) is 10.1 Å². The summed E-state index contributed by atoms with van der Waals surface area (Å²) in [4.78, 5) is 24.9. The number of nitrogens with one attached hydrogen (secondary N) is 1. The van der Waals surface area contributed by atoms with Gasteiger partial charge in [-0.15, -0.1) is 0 Å². The molecule has 0 fully saturated rings.